The number of aromatic nitrogens is 2. The molecule has 206 valence electrons. The number of halogens is 2. The number of carbonyl (C=O) groups is 1. The average Bonchev–Trinajstić information content (AvgIpc) is 3.87. The molecule has 0 aliphatic heterocycles. The van der Waals surface area contributed by atoms with Crippen molar-refractivity contribution in [3.8, 4) is 11.5 Å². The second-order valence-electron chi connectivity index (χ2n) is 10.5. The Balaban J connectivity index is 1.17. The van der Waals surface area contributed by atoms with E-state index < -0.39 is 15.3 Å². The largest absolute Gasteiger partial charge is 0.334 e. The highest BCUT2D eigenvalue weighted by atomic mass is 35.5. The van der Waals surface area contributed by atoms with Crippen LogP contribution in [0, 0.1) is 0 Å². The Hall–Kier alpha value is -3.20. The maximum atomic E-state index is 12.7. The standard InChI is InChI=1S/C30H27Cl2N3O4S/c1-2-40(37,38)23-11-3-18(4-12-23)15-26(36)33-22-16-24(31)27(25(32)17-22)30(13-14-30)29-34-28(39-35-29)21-9-7-20(8-10-21)19-5-6-19/h3-4,7-12,16-17,19H,2,5-6,13-15H2,1H3,(H,33,36). The molecule has 0 atom stereocenters. The van der Waals surface area contributed by atoms with Crippen LogP contribution in [0.4, 0.5) is 5.69 Å². The van der Waals surface area contributed by atoms with Crippen LogP contribution in [0.1, 0.15) is 61.0 Å². The van der Waals surface area contributed by atoms with Gasteiger partial charge in [0, 0.05) is 26.9 Å². The number of anilines is 1. The fourth-order valence-electron chi connectivity index (χ4n) is 5.03. The van der Waals surface area contributed by atoms with E-state index in [2.05, 4.69) is 22.6 Å². The van der Waals surface area contributed by atoms with Crippen LogP contribution in [-0.2, 0) is 26.5 Å². The molecule has 1 aromatic heterocycles. The van der Waals surface area contributed by atoms with Crippen LogP contribution in [0.15, 0.2) is 70.1 Å². The summed E-state index contributed by atoms with van der Waals surface area (Å²) in [6, 6.07) is 18.0. The van der Waals surface area contributed by atoms with Gasteiger partial charge in [0.05, 0.1) is 22.5 Å². The summed E-state index contributed by atoms with van der Waals surface area (Å²) in [5.74, 6) is 1.43. The molecule has 0 saturated heterocycles. The molecule has 3 aromatic carbocycles. The molecule has 0 radical (unpaired) electrons. The van der Waals surface area contributed by atoms with Gasteiger partial charge in [0.15, 0.2) is 15.7 Å². The van der Waals surface area contributed by atoms with Gasteiger partial charge in [-0.3, -0.25) is 4.79 Å². The van der Waals surface area contributed by atoms with E-state index in [9.17, 15) is 13.2 Å². The Morgan fingerprint density at radius 1 is 1.02 bits per heavy atom. The maximum Gasteiger partial charge on any atom is 0.257 e. The molecule has 2 fully saturated rings. The lowest BCUT2D eigenvalue weighted by Gasteiger charge is -2.17. The van der Waals surface area contributed by atoms with Gasteiger partial charge in [0.25, 0.3) is 5.89 Å². The van der Waals surface area contributed by atoms with Crippen molar-refractivity contribution >= 4 is 44.6 Å². The van der Waals surface area contributed by atoms with E-state index >= 15 is 0 Å². The number of rotatable bonds is 9. The van der Waals surface area contributed by atoms with E-state index in [1.165, 1.54) is 30.5 Å². The van der Waals surface area contributed by atoms with Crippen LogP contribution in [0.3, 0.4) is 0 Å². The van der Waals surface area contributed by atoms with E-state index in [0.29, 0.717) is 38.9 Å². The predicted octanol–water partition coefficient (Wildman–Crippen LogP) is 6.98. The van der Waals surface area contributed by atoms with Crippen LogP contribution in [-0.4, -0.2) is 30.2 Å². The Labute approximate surface area is 242 Å². The highest BCUT2D eigenvalue weighted by molar-refractivity contribution is 7.91. The topological polar surface area (TPSA) is 102 Å². The lowest BCUT2D eigenvalue weighted by molar-refractivity contribution is -0.115. The van der Waals surface area contributed by atoms with Crippen molar-refractivity contribution < 1.29 is 17.7 Å². The quantitative estimate of drug-likeness (QED) is 0.224. The van der Waals surface area contributed by atoms with Crippen molar-refractivity contribution in [2.45, 2.75) is 55.3 Å². The van der Waals surface area contributed by atoms with Crippen LogP contribution in [0.2, 0.25) is 10.0 Å². The highest BCUT2D eigenvalue weighted by Gasteiger charge is 2.52. The van der Waals surface area contributed by atoms with Gasteiger partial charge in [-0.05, 0) is 79.1 Å². The van der Waals surface area contributed by atoms with E-state index in [1.54, 1.807) is 31.2 Å². The van der Waals surface area contributed by atoms with Gasteiger partial charge >= 0.3 is 0 Å². The molecule has 6 rings (SSSR count). The smallest absolute Gasteiger partial charge is 0.257 e. The number of nitrogens with zero attached hydrogens (tertiary/aromatic N) is 2. The van der Waals surface area contributed by atoms with Gasteiger partial charge in [0.2, 0.25) is 5.91 Å². The third-order valence-corrected chi connectivity index (χ3v) is 9.99. The minimum atomic E-state index is -3.29. The first-order valence-electron chi connectivity index (χ1n) is 13.2. The van der Waals surface area contributed by atoms with E-state index in [1.807, 2.05) is 12.1 Å². The second kappa shape index (κ2) is 10.3. The zero-order chi connectivity index (χ0) is 28.1. The maximum absolute atomic E-state index is 12.7. The Morgan fingerprint density at radius 2 is 1.68 bits per heavy atom. The van der Waals surface area contributed by atoms with Gasteiger partial charge in [-0.15, -0.1) is 0 Å². The number of carbonyl (C=O) groups excluding carboxylic acids is 1. The van der Waals surface area contributed by atoms with Crippen molar-refractivity contribution in [2.24, 2.45) is 0 Å². The van der Waals surface area contributed by atoms with E-state index in [-0.39, 0.29) is 23.0 Å². The fourth-order valence-corrected chi connectivity index (χ4v) is 6.77. The minimum absolute atomic E-state index is 0.0215. The molecule has 10 heteroatoms. The highest BCUT2D eigenvalue weighted by Crippen LogP contribution is 2.57. The number of benzene rings is 3. The molecule has 1 heterocycles. The van der Waals surface area contributed by atoms with Gasteiger partial charge in [0.1, 0.15) is 0 Å². The van der Waals surface area contributed by atoms with Crippen LogP contribution in [0.25, 0.3) is 11.5 Å². The van der Waals surface area contributed by atoms with Crippen molar-refractivity contribution in [3.63, 3.8) is 0 Å². The van der Waals surface area contributed by atoms with E-state index in [4.69, 9.17) is 32.7 Å². The molecule has 2 aliphatic rings. The summed E-state index contributed by atoms with van der Waals surface area (Å²) in [5.41, 5.74) is 3.55. The van der Waals surface area contributed by atoms with Gasteiger partial charge < -0.3 is 9.84 Å². The van der Waals surface area contributed by atoms with Crippen molar-refractivity contribution in [3.05, 3.63) is 93.2 Å². The summed E-state index contributed by atoms with van der Waals surface area (Å²) in [5, 5.41) is 7.95. The summed E-state index contributed by atoms with van der Waals surface area (Å²) in [6.07, 6.45) is 4.12. The summed E-state index contributed by atoms with van der Waals surface area (Å²) in [6.45, 7) is 1.59. The molecule has 1 amide bonds. The molecule has 40 heavy (non-hydrogen) atoms. The fraction of sp³-hybridized carbons (Fsp3) is 0.300. The van der Waals surface area contributed by atoms with Crippen LogP contribution in [0.5, 0.6) is 0 Å². The van der Waals surface area contributed by atoms with Gasteiger partial charge in [-0.25, -0.2) is 8.42 Å². The summed E-state index contributed by atoms with van der Waals surface area (Å²) in [4.78, 5) is 17.7. The summed E-state index contributed by atoms with van der Waals surface area (Å²) >= 11 is 13.4. The normalized spacial score (nSPS) is 16.1. The van der Waals surface area contributed by atoms with Crippen molar-refractivity contribution in [1.82, 2.24) is 10.1 Å². The van der Waals surface area contributed by atoms with Gasteiger partial charge in [-0.1, -0.05) is 59.5 Å². The summed E-state index contributed by atoms with van der Waals surface area (Å²) < 4.78 is 29.7. The molecule has 2 aliphatic carbocycles. The average molecular weight is 597 g/mol. The zero-order valence-corrected chi connectivity index (χ0v) is 24.1. The van der Waals surface area contributed by atoms with E-state index in [0.717, 1.165) is 24.0 Å². The number of hydrogen-bond acceptors (Lipinski definition) is 6. The van der Waals surface area contributed by atoms with Crippen LogP contribution >= 0.6 is 23.2 Å². The Morgan fingerprint density at radius 3 is 2.25 bits per heavy atom. The Bertz CT molecular complexity index is 1670. The summed E-state index contributed by atoms with van der Waals surface area (Å²) in [7, 11) is -3.29. The molecule has 7 nitrogen and oxygen atoms in total. The molecule has 0 unspecified atom stereocenters. The first kappa shape index (κ1) is 27.0. The first-order chi connectivity index (χ1) is 19.2. The lowest BCUT2D eigenvalue weighted by atomic mass is 9.94. The van der Waals surface area contributed by atoms with Crippen LogP contribution < -0.4 is 5.32 Å². The van der Waals surface area contributed by atoms with Gasteiger partial charge in [-0.2, -0.15) is 4.98 Å². The third kappa shape index (κ3) is 5.28. The molecule has 2 saturated carbocycles. The number of sulfone groups is 1. The monoisotopic (exact) mass is 595 g/mol. The third-order valence-electron chi connectivity index (χ3n) is 7.64. The number of amides is 1. The second-order valence-corrected chi connectivity index (χ2v) is 13.6. The molecule has 4 aromatic rings. The SMILES string of the molecule is CCS(=O)(=O)c1ccc(CC(=O)Nc2cc(Cl)c(C3(c4noc(-c5ccc(C6CC6)cc5)n4)CC3)c(Cl)c2)cc1. The number of nitrogens with one attached hydrogen (secondary N) is 1. The number of hydrogen-bond donors (Lipinski definition) is 1. The van der Waals surface area contributed by atoms with Crippen molar-refractivity contribution in [1.29, 1.82) is 0 Å². The molecule has 0 bridgehead atoms. The lowest BCUT2D eigenvalue weighted by Crippen LogP contribution is -2.16. The predicted molar refractivity (Wildman–Crippen MR) is 155 cm³/mol. The molecule has 0 spiro atoms. The first-order valence-corrected chi connectivity index (χ1v) is 15.6. The van der Waals surface area contributed by atoms with Crippen molar-refractivity contribution in [2.75, 3.05) is 11.1 Å². The zero-order valence-electron chi connectivity index (χ0n) is 21.8. The minimum Gasteiger partial charge on any atom is -0.334 e. The Kier molecular flexibility index (Phi) is 6.97. The molecule has 1 N–H and O–H groups in total. The molecular weight excluding hydrogens is 569 g/mol. The molecular formula is C30H27Cl2N3O4S.